The Morgan fingerprint density at radius 3 is 2.68 bits per heavy atom. The lowest BCUT2D eigenvalue weighted by atomic mass is 10.1. The van der Waals surface area contributed by atoms with E-state index in [0.29, 0.717) is 28.2 Å². The second-order valence-corrected chi connectivity index (χ2v) is 7.48. The van der Waals surface area contributed by atoms with Crippen molar-refractivity contribution >= 4 is 34.2 Å². The fourth-order valence-corrected chi connectivity index (χ4v) is 4.52. The number of methoxy groups -OCH3 is 1. The van der Waals surface area contributed by atoms with Crippen LogP contribution in [0.25, 0.3) is 5.57 Å². The third kappa shape index (κ3) is 2.53. The third-order valence-electron chi connectivity index (χ3n) is 4.89. The number of amides is 1. The van der Waals surface area contributed by atoms with Crippen LogP contribution in [0.15, 0.2) is 58.3 Å². The zero-order valence-corrected chi connectivity index (χ0v) is 15.8. The highest BCUT2D eigenvalue weighted by molar-refractivity contribution is 7.07. The summed E-state index contributed by atoms with van der Waals surface area (Å²) in [5.41, 5.74) is 2.68. The largest absolute Gasteiger partial charge is 0.497 e. The molecule has 3 heterocycles. The summed E-state index contributed by atoms with van der Waals surface area (Å²) in [5.74, 6) is 0.528. The number of hydrogen-bond acceptors (Lipinski definition) is 6. The van der Waals surface area contributed by atoms with E-state index in [0.717, 1.165) is 22.7 Å². The molecule has 1 N–H and O–H groups in total. The lowest BCUT2D eigenvalue weighted by molar-refractivity contribution is -0.110. The van der Waals surface area contributed by atoms with Crippen molar-refractivity contribution in [3.05, 3.63) is 73.8 Å². The minimum atomic E-state index is -0.246. The van der Waals surface area contributed by atoms with Gasteiger partial charge >= 0.3 is 0 Å². The summed E-state index contributed by atoms with van der Waals surface area (Å²) < 4.78 is 7.24. The maximum atomic E-state index is 13.1. The standard InChI is InChI=1S/C20H16N4O3S/c1-27-13-8-6-12(7-9-13)23-10-21-20-24(11-23)19(26)17(28-20)16-14-4-2-3-5-15(14)22-18(16)25/h2-9H,10-11H2,1H3,(H,22,25). The van der Waals surface area contributed by atoms with Gasteiger partial charge in [-0.3, -0.25) is 14.2 Å². The number of carbonyl (C=O) groups excluding carboxylic acids is 1. The van der Waals surface area contributed by atoms with Crippen LogP contribution in [0.5, 0.6) is 5.75 Å². The van der Waals surface area contributed by atoms with Gasteiger partial charge in [-0.1, -0.05) is 29.5 Å². The van der Waals surface area contributed by atoms with Crippen LogP contribution in [0.1, 0.15) is 5.56 Å². The Morgan fingerprint density at radius 1 is 1.11 bits per heavy atom. The van der Waals surface area contributed by atoms with Crippen LogP contribution in [0.2, 0.25) is 0 Å². The number of nitrogens with one attached hydrogen (secondary N) is 1. The van der Waals surface area contributed by atoms with E-state index in [1.165, 1.54) is 11.3 Å². The number of aromatic nitrogens is 1. The molecule has 0 bridgehead atoms. The molecule has 5 rings (SSSR count). The zero-order chi connectivity index (χ0) is 19.3. The molecule has 3 aromatic rings. The van der Waals surface area contributed by atoms with Crippen molar-refractivity contribution < 1.29 is 9.53 Å². The highest BCUT2D eigenvalue weighted by atomic mass is 32.1. The van der Waals surface area contributed by atoms with E-state index in [1.54, 1.807) is 11.7 Å². The summed E-state index contributed by atoms with van der Waals surface area (Å²) in [6.07, 6.45) is 0. The van der Waals surface area contributed by atoms with Gasteiger partial charge in [-0.05, 0) is 30.3 Å². The molecule has 1 amide bonds. The first-order valence-corrected chi connectivity index (χ1v) is 9.55. The predicted octanol–water partition coefficient (Wildman–Crippen LogP) is 1.12. The Balaban J connectivity index is 1.60. The number of para-hydroxylation sites is 1. The van der Waals surface area contributed by atoms with Crippen LogP contribution in [0, 0.1) is 0 Å². The summed E-state index contributed by atoms with van der Waals surface area (Å²) in [5, 5.41) is 2.83. The molecule has 0 atom stereocenters. The van der Waals surface area contributed by atoms with Crippen LogP contribution in [-0.2, 0) is 11.5 Å². The van der Waals surface area contributed by atoms with Crippen LogP contribution in [0.4, 0.5) is 11.4 Å². The molecule has 7 nitrogen and oxygen atoms in total. The normalized spacial score (nSPS) is 16.9. The first-order chi connectivity index (χ1) is 13.7. The number of thiazole rings is 1. The van der Waals surface area contributed by atoms with Crippen molar-refractivity contribution in [3.63, 3.8) is 0 Å². The highest BCUT2D eigenvalue weighted by Gasteiger charge is 2.27. The SMILES string of the molecule is COc1ccc(N2CN=c3sc(=C4C(=O)Nc5ccccc54)c(=O)n3C2)cc1. The number of carbonyl (C=O) groups is 1. The lowest BCUT2D eigenvalue weighted by Gasteiger charge is -2.25. The van der Waals surface area contributed by atoms with Gasteiger partial charge in [0.25, 0.3) is 11.5 Å². The molecule has 8 heteroatoms. The molecule has 0 saturated carbocycles. The molecule has 0 radical (unpaired) electrons. The van der Waals surface area contributed by atoms with Crippen LogP contribution >= 0.6 is 11.3 Å². The molecular formula is C20H16N4O3S. The average molecular weight is 392 g/mol. The van der Waals surface area contributed by atoms with Gasteiger partial charge in [0.15, 0.2) is 4.80 Å². The van der Waals surface area contributed by atoms with E-state index < -0.39 is 0 Å². The van der Waals surface area contributed by atoms with E-state index in [-0.39, 0.29) is 11.5 Å². The zero-order valence-electron chi connectivity index (χ0n) is 15.0. The van der Waals surface area contributed by atoms with Crippen molar-refractivity contribution in [1.82, 2.24) is 4.57 Å². The molecule has 0 unspecified atom stereocenters. The van der Waals surface area contributed by atoms with E-state index in [2.05, 4.69) is 10.3 Å². The summed E-state index contributed by atoms with van der Waals surface area (Å²) >= 11 is 1.27. The van der Waals surface area contributed by atoms with Crippen molar-refractivity contribution in [1.29, 1.82) is 0 Å². The number of benzene rings is 2. The molecule has 0 aliphatic carbocycles. The monoisotopic (exact) mass is 392 g/mol. The van der Waals surface area contributed by atoms with Crippen molar-refractivity contribution in [2.45, 2.75) is 6.67 Å². The smallest absolute Gasteiger partial charge is 0.272 e. The van der Waals surface area contributed by atoms with Gasteiger partial charge in [0, 0.05) is 16.9 Å². The highest BCUT2D eigenvalue weighted by Crippen LogP contribution is 2.29. The number of hydrogen-bond donors (Lipinski definition) is 1. The number of ether oxygens (including phenoxy) is 1. The quantitative estimate of drug-likeness (QED) is 0.709. The van der Waals surface area contributed by atoms with Crippen molar-refractivity contribution in [2.24, 2.45) is 4.99 Å². The second kappa shape index (κ2) is 6.35. The van der Waals surface area contributed by atoms with Gasteiger partial charge in [-0.2, -0.15) is 0 Å². The molecule has 1 aromatic heterocycles. The van der Waals surface area contributed by atoms with Gasteiger partial charge in [-0.25, -0.2) is 4.99 Å². The first kappa shape index (κ1) is 16.8. The minimum Gasteiger partial charge on any atom is -0.497 e. The Kier molecular flexibility index (Phi) is 3.80. The van der Waals surface area contributed by atoms with E-state index in [9.17, 15) is 9.59 Å². The minimum absolute atomic E-state index is 0.191. The van der Waals surface area contributed by atoms with Crippen molar-refractivity contribution in [3.8, 4) is 5.75 Å². The fourth-order valence-electron chi connectivity index (χ4n) is 3.46. The predicted molar refractivity (Wildman–Crippen MR) is 107 cm³/mol. The lowest BCUT2D eigenvalue weighted by Crippen LogP contribution is -2.43. The molecule has 0 spiro atoms. The van der Waals surface area contributed by atoms with Crippen LogP contribution < -0.4 is 29.8 Å². The molecule has 2 aliphatic rings. The molecule has 0 saturated heterocycles. The summed E-state index contributed by atoms with van der Waals surface area (Å²) in [6.45, 7) is 0.834. The Hall–Kier alpha value is -3.39. The summed E-state index contributed by atoms with van der Waals surface area (Å²) in [7, 11) is 1.62. The average Bonchev–Trinajstić information content (AvgIpc) is 3.23. The van der Waals surface area contributed by atoms with E-state index in [4.69, 9.17) is 4.74 Å². The Labute approximate surface area is 163 Å². The Bertz CT molecular complexity index is 1270. The molecule has 140 valence electrons. The first-order valence-electron chi connectivity index (χ1n) is 8.74. The van der Waals surface area contributed by atoms with Gasteiger partial charge in [0.05, 0.1) is 12.7 Å². The molecular weight excluding hydrogens is 376 g/mol. The third-order valence-corrected chi connectivity index (χ3v) is 6.00. The fraction of sp³-hybridized carbons (Fsp3) is 0.150. The second-order valence-electron chi connectivity index (χ2n) is 6.50. The van der Waals surface area contributed by atoms with E-state index in [1.807, 2.05) is 53.4 Å². The van der Waals surface area contributed by atoms with Gasteiger partial charge in [0.2, 0.25) is 0 Å². The van der Waals surface area contributed by atoms with E-state index >= 15 is 0 Å². The van der Waals surface area contributed by atoms with Gasteiger partial charge in [0.1, 0.15) is 23.6 Å². The number of fused-ring (bicyclic) bond motifs is 2. The van der Waals surface area contributed by atoms with Gasteiger partial charge in [-0.15, -0.1) is 0 Å². The summed E-state index contributed by atoms with van der Waals surface area (Å²) in [6, 6.07) is 15.0. The number of nitrogens with zero attached hydrogens (tertiary/aromatic N) is 3. The van der Waals surface area contributed by atoms with Crippen LogP contribution in [-0.4, -0.2) is 24.3 Å². The number of anilines is 2. The maximum absolute atomic E-state index is 13.1. The Morgan fingerprint density at radius 2 is 1.89 bits per heavy atom. The summed E-state index contributed by atoms with van der Waals surface area (Å²) in [4.78, 5) is 32.8. The number of rotatable bonds is 2. The van der Waals surface area contributed by atoms with Crippen molar-refractivity contribution in [2.75, 3.05) is 24.0 Å². The van der Waals surface area contributed by atoms with Crippen LogP contribution in [0.3, 0.4) is 0 Å². The van der Waals surface area contributed by atoms with Gasteiger partial charge < -0.3 is 15.0 Å². The molecule has 0 fully saturated rings. The molecule has 28 heavy (non-hydrogen) atoms. The molecule has 2 aliphatic heterocycles. The molecule has 2 aromatic carbocycles. The topological polar surface area (TPSA) is 75.9 Å². The maximum Gasteiger partial charge on any atom is 0.272 e.